The smallest absolute Gasteiger partial charge is 0.230 e. The average molecular weight is 306 g/mol. The summed E-state index contributed by atoms with van der Waals surface area (Å²) in [5.74, 6) is -0.0358. The fourth-order valence-electron chi connectivity index (χ4n) is 1.87. The normalized spacial score (nSPS) is 11.1. The molecule has 0 saturated carbocycles. The van der Waals surface area contributed by atoms with Gasteiger partial charge in [0.05, 0.1) is 10.0 Å². The summed E-state index contributed by atoms with van der Waals surface area (Å²) in [5.41, 5.74) is 2.81. The van der Waals surface area contributed by atoms with Crippen molar-refractivity contribution in [1.82, 2.24) is 4.98 Å². The first-order valence-electron chi connectivity index (χ1n) is 5.47. The Hall–Kier alpha value is -1.68. The van der Waals surface area contributed by atoms with Crippen molar-refractivity contribution in [2.24, 2.45) is 0 Å². The van der Waals surface area contributed by atoms with Gasteiger partial charge in [0.1, 0.15) is 11.3 Å². The molecule has 3 rings (SSSR count). The van der Waals surface area contributed by atoms with E-state index in [1.54, 1.807) is 18.2 Å². The molecule has 4 heteroatoms. The molecule has 0 N–H and O–H groups in total. The van der Waals surface area contributed by atoms with Crippen molar-refractivity contribution in [3.63, 3.8) is 0 Å². The van der Waals surface area contributed by atoms with Gasteiger partial charge in [-0.2, -0.15) is 0 Å². The molecule has 0 fully saturated rings. The summed E-state index contributed by atoms with van der Waals surface area (Å²) in [6.07, 6.45) is 0. The molecule has 0 bridgehead atoms. The predicted octanol–water partition coefficient (Wildman–Crippen LogP) is 4.70. The minimum absolute atomic E-state index is 0.300. The Labute approximate surface area is 112 Å². The van der Waals surface area contributed by atoms with Crippen molar-refractivity contribution in [1.29, 1.82) is 0 Å². The molecule has 0 unspecified atom stereocenters. The van der Waals surface area contributed by atoms with E-state index in [1.165, 1.54) is 6.07 Å². The summed E-state index contributed by atoms with van der Waals surface area (Å²) >= 11 is 3.42. The van der Waals surface area contributed by atoms with Gasteiger partial charge in [-0.25, -0.2) is 9.37 Å². The van der Waals surface area contributed by atoms with Crippen LogP contribution in [0.4, 0.5) is 4.39 Å². The highest BCUT2D eigenvalue weighted by atomic mass is 79.9. The standard InChI is InChI=1S/C14H9BrFNO/c1-8-6-10(15)13-12(7-8)17-14(18-13)9-4-2-3-5-11(9)16/h2-7H,1H3. The molecule has 18 heavy (non-hydrogen) atoms. The number of fused-ring (bicyclic) bond motifs is 1. The molecule has 0 radical (unpaired) electrons. The van der Waals surface area contributed by atoms with E-state index in [2.05, 4.69) is 20.9 Å². The fraction of sp³-hybridized carbons (Fsp3) is 0.0714. The van der Waals surface area contributed by atoms with Crippen LogP contribution in [-0.2, 0) is 0 Å². The molecular formula is C14H9BrFNO. The van der Waals surface area contributed by atoms with Crippen LogP contribution in [0.5, 0.6) is 0 Å². The maximum atomic E-state index is 13.7. The molecule has 0 atom stereocenters. The van der Waals surface area contributed by atoms with E-state index in [0.29, 0.717) is 17.0 Å². The molecule has 2 aromatic carbocycles. The minimum atomic E-state index is -0.336. The molecular weight excluding hydrogens is 297 g/mol. The van der Waals surface area contributed by atoms with Crippen LogP contribution in [0.1, 0.15) is 5.56 Å². The van der Waals surface area contributed by atoms with Gasteiger partial charge in [-0.05, 0) is 52.7 Å². The Morgan fingerprint density at radius 3 is 2.78 bits per heavy atom. The zero-order chi connectivity index (χ0) is 12.7. The van der Waals surface area contributed by atoms with Crippen LogP contribution in [0.15, 0.2) is 45.3 Å². The van der Waals surface area contributed by atoms with E-state index >= 15 is 0 Å². The molecule has 1 aromatic heterocycles. The lowest BCUT2D eigenvalue weighted by atomic mass is 10.2. The number of oxazole rings is 1. The topological polar surface area (TPSA) is 26.0 Å². The van der Waals surface area contributed by atoms with Crippen molar-refractivity contribution < 1.29 is 8.81 Å². The first kappa shape index (κ1) is 11.4. The third kappa shape index (κ3) is 1.82. The third-order valence-electron chi connectivity index (χ3n) is 2.69. The van der Waals surface area contributed by atoms with Crippen LogP contribution in [0, 0.1) is 12.7 Å². The number of hydrogen-bond acceptors (Lipinski definition) is 2. The molecule has 0 saturated heterocycles. The summed E-state index contributed by atoms with van der Waals surface area (Å²) in [6.45, 7) is 1.97. The highest BCUT2D eigenvalue weighted by molar-refractivity contribution is 9.10. The first-order valence-corrected chi connectivity index (χ1v) is 6.26. The number of nitrogens with zero attached hydrogens (tertiary/aromatic N) is 1. The number of aryl methyl sites for hydroxylation is 1. The van der Waals surface area contributed by atoms with E-state index < -0.39 is 0 Å². The summed E-state index contributed by atoms with van der Waals surface area (Å²) in [4.78, 5) is 4.33. The Bertz CT molecular complexity index is 736. The lowest BCUT2D eigenvalue weighted by Crippen LogP contribution is -1.82. The van der Waals surface area contributed by atoms with E-state index in [1.807, 2.05) is 19.1 Å². The van der Waals surface area contributed by atoms with Crippen LogP contribution >= 0.6 is 15.9 Å². The zero-order valence-electron chi connectivity index (χ0n) is 9.58. The van der Waals surface area contributed by atoms with E-state index in [4.69, 9.17) is 4.42 Å². The Kier molecular flexibility index (Phi) is 2.67. The van der Waals surface area contributed by atoms with Crippen LogP contribution in [0.3, 0.4) is 0 Å². The Morgan fingerprint density at radius 2 is 2.00 bits per heavy atom. The molecule has 0 amide bonds. The predicted molar refractivity (Wildman–Crippen MR) is 71.8 cm³/mol. The molecule has 90 valence electrons. The number of halogens is 2. The lowest BCUT2D eigenvalue weighted by molar-refractivity contribution is 0.592. The van der Waals surface area contributed by atoms with Gasteiger partial charge in [-0.1, -0.05) is 12.1 Å². The van der Waals surface area contributed by atoms with Crippen LogP contribution in [0.2, 0.25) is 0 Å². The molecule has 2 nitrogen and oxygen atoms in total. The first-order chi connectivity index (χ1) is 8.65. The monoisotopic (exact) mass is 305 g/mol. The number of rotatable bonds is 1. The third-order valence-corrected chi connectivity index (χ3v) is 3.28. The summed E-state index contributed by atoms with van der Waals surface area (Å²) in [6, 6.07) is 10.3. The quantitative estimate of drug-likeness (QED) is 0.651. The van der Waals surface area contributed by atoms with Gasteiger partial charge in [0, 0.05) is 0 Å². The summed E-state index contributed by atoms with van der Waals surface area (Å²) in [7, 11) is 0. The van der Waals surface area contributed by atoms with E-state index in [9.17, 15) is 4.39 Å². The van der Waals surface area contributed by atoms with Crippen LogP contribution in [0.25, 0.3) is 22.6 Å². The van der Waals surface area contributed by atoms with Crippen molar-refractivity contribution in [2.45, 2.75) is 6.92 Å². The molecule has 3 aromatic rings. The van der Waals surface area contributed by atoms with Gasteiger partial charge in [0.25, 0.3) is 0 Å². The van der Waals surface area contributed by atoms with Crippen molar-refractivity contribution >= 4 is 27.0 Å². The maximum absolute atomic E-state index is 13.7. The van der Waals surface area contributed by atoms with Crippen molar-refractivity contribution in [2.75, 3.05) is 0 Å². The summed E-state index contributed by atoms with van der Waals surface area (Å²) in [5, 5.41) is 0. The van der Waals surface area contributed by atoms with Gasteiger partial charge in [0.15, 0.2) is 5.58 Å². The molecule has 0 aliphatic rings. The highest BCUT2D eigenvalue weighted by Gasteiger charge is 2.13. The highest BCUT2D eigenvalue weighted by Crippen LogP contribution is 2.31. The lowest BCUT2D eigenvalue weighted by Gasteiger charge is -1.95. The molecule has 0 aliphatic heterocycles. The Balaban J connectivity index is 2.26. The fourth-order valence-corrected chi connectivity index (χ4v) is 2.52. The Morgan fingerprint density at radius 1 is 1.22 bits per heavy atom. The second kappa shape index (κ2) is 4.21. The molecule has 0 aliphatic carbocycles. The van der Waals surface area contributed by atoms with Gasteiger partial charge in [0.2, 0.25) is 5.89 Å². The van der Waals surface area contributed by atoms with Gasteiger partial charge in [-0.3, -0.25) is 0 Å². The van der Waals surface area contributed by atoms with Crippen LogP contribution in [-0.4, -0.2) is 4.98 Å². The average Bonchev–Trinajstić information content (AvgIpc) is 2.73. The van der Waals surface area contributed by atoms with Gasteiger partial charge < -0.3 is 4.42 Å². The largest absolute Gasteiger partial charge is 0.435 e. The van der Waals surface area contributed by atoms with E-state index in [-0.39, 0.29) is 5.82 Å². The second-order valence-electron chi connectivity index (χ2n) is 4.09. The van der Waals surface area contributed by atoms with Crippen LogP contribution < -0.4 is 0 Å². The van der Waals surface area contributed by atoms with Gasteiger partial charge in [-0.15, -0.1) is 0 Å². The van der Waals surface area contributed by atoms with Crippen molar-refractivity contribution in [3.8, 4) is 11.5 Å². The van der Waals surface area contributed by atoms with Gasteiger partial charge >= 0.3 is 0 Å². The number of hydrogen-bond donors (Lipinski definition) is 0. The zero-order valence-corrected chi connectivity index (χ0v) is 11.2. The van der Waals surface area contributed by atoms with Crippen molar-refractivity contribution in [3.05, 3.63) is 52.3 Å². The summed E-state index contributed by atoms with van der Waals surface area (Å²) < 4.78 is 20.1. The maximum Gasteiger partial charge on any atom is 0.230 e. The molecule has 1 heterocycles. The minimum Gasteiger partial charge on any atom is -0.435 e. The SMILES string of the molecule is Cc1cc(Br)c2oc(-c3ccccc3F)nc2c1. The molecule has 0 spiro atoms. The van der Waals surface area contributed by atoms with E-state index in [0.717, 1.165) is 15.6 Å². The number of benzene rings is 2. The second-order valence-corrected chi connectivity index (χ2v) is 4.95. The number of aromatic nitrogens is 1.